The van der Waals surface area contributed by atoms with Gasteiger partial charge < -0.3 is 58.4 Å². The topological polar surface area (TPSA) is 290 Å². The normalized spacial score (nSPS) is 13.6. The number of alkyl carbamates (subject to hydrolysis) is 1. The largest absolute Gasteiger partial charge is 0.494 e. The third-order valence-corrected chi connectivity index (χ3v) is 19.2. The second-order valence-electron chi connectivity index (χ2n) is 28.6. The fraction of sp³-hybridized carbons (Fsp3) is 0.345. The van der Waals surface area contributed by atoms with Gasteiger partial charge in [0.05, 0.1) is 96.8 Å². The molecule has 4 aromatic carbocycles. The molecule has 3 amide bonds. The maximum atomic E-state index is 14.9. The smallest absolute Gasteiger partial charge is 0.407 e. The number of ether oxygens (including phenoxy) is 7. The summed E-state index contributed by atoms with van der Waals surface area (Å²) in [6.45, 7) is 14.6. The highest BCUT2D eigenvalue weighted by molar-refractivity contribution is 5.94. The lowest BCUT2D eigenvalue weighted by Crippen LogP contribution is -2.44. The molecule has 0 spiro atoms. The molecule has 8 heterocycles. The Bertz CT molecular complexity index is 4750. The first kappa shape index (κ1) is 79.9. The van der Waals surface area contributed by atoms with Crippen LogP contribution in [0.3, 0.4) is 0 Å². The Hall–Kier alpha value is -11.6. The summed E-state index contributed by atoms with van der Waals surface area (Å²) < 4.78 is 42.2. The number of benzene rings is 4. The molecule has 3 N–H and O–H groups in total. The number of aliphatic hydroxyl groups is 1. The first-order valence-corrected chi connectivity index (χ1v) is 38.0. The van der Waals surface area contributed by atoms with Crippen molar-refractivity contribution in [1.82, 2.24) is 54.8 Å². The van der Waals surface area contributed by atoms with E-state index in [2.05, 4.69) is 58.6 Å². The first-order valence-electron chi connectivity index (χ1n) is 38.0. The van der Waals surface area contributed by atoms with E-state index in [-0.39, 0.29) is 112 Å². The number of amides is 3. The summed E-state index contributed by atoms with van der Waals surface area (Å²) in [4.78, 5) is 111. The highest BCUT2D eigenvalue weighted by Gasteiger charge is 2.45. The average Bonchev–Trinajstić information content (AvgIpc) is 1.61. The van der Waals surface area contributed by atoms with Gasteiger partial charge in [-0.05, 0) is 172 Å². The van der Waals surface area contributed by atoms with Crippen molar-refractivity contribution in [3.05, 3.63) is 272 Å². The van der Waals surface area contributed by atoms with E-state index in [4.69, 9.17) is 38.1 Å². The van der Waals surface area contributed by atoms with Crippen molar-refractivity contribution in [1.29, 1.82) is 0 Å². The van der Waals surface area contributed by atoms with E-state index in [1.165, 1.54) is 0 Å². The fourth-order valence-electron chi connectivity index (χ4n) is 13.7. The van der Waals surface area contributed by atoms with Crippen molar-refractivity contribution in [3.63, 3.8) is 0 Å². The van der Waals surface area contributed by atoms with Crippen molar-refractivity contribution >= 4 is 40.7 Å². The summed E-state index contributed by atoms with van der Waals surface area (Å²) >= 11 is 0. The first-order chi connectivity index (χ1) is 54.3. The summed E-state index contributed by atoms with van der Waals surface area (Å²) in [5, 5.41) is 17.6. The lowest BCUT2D eigenvalue weighted by molar-refractivity contribution is -0.172. The number of para-hydroxylation sites is 1. The van der Waals surface area contributed by atoms with Crippen LogP contribution in [0.15, 0.2) is 193 Å². The molecule has 2 aliphatic rings. The molecule has 10 aromatic rings. The third-order valence-electron chi connectivity index (χ3n) is 19.2. The molecule has 112 heavy (non-hydrogen) atoms. The van der Waals surface area contributed by atoms with Crippen LogP contribution >= 0.6 is 0 Å². The number of carbonyl (C=O) groups is 5. The van der Waals surface area contributed by atoms with Gasteiger partial charge in [0, 0.05) is 112 Å². The van der Waals surface area contributed by atoms with Crippen LogP contribution in [0.2, 0.25) is 0 Å². The van der Waals surface area contributed by atoms with Crippen LogP contribution in [0, 0.1) is 0 Å². The molecule has 2 aliphatic heterocycles. The van der Waals surface area contributed by atoms with Gasteiger partial charge in [0.25, 0.3) is 11.5 Å². The summed E-state index contributed by atoms with van der Waals surface area (Å²) in [7, 11) is 0. The molecule has 582 valence electrons. The number of hydrogen-bond acceptors (Lipinski definition) is 21. The molecular weight excluding hydrogens is 1420 g/mol. The lowest BCUT2D eigenvalue weighted by atomic mass is 9.86. The molecule has 0 aliphatic carbocycles. The molecule has 0 bridgehead atoms. The Morgan fingerprint density at radius 3 is 1.79 bits per heavy atom. The maximum Gasteiger partial charge on any atom is 0.407 e. The standard InChI is InChI=1S/C87H95N11O14/c1-6-71-72-48-69(30-31-76(72)94-81-73(71)57-98-77(81)49-75-74(82(98)101)58-110-84(103)87(75,105)7-2)111-83(102)63-28-26-60(27-29-63)47-80(100)97(52-64-20-8-9-25-78(64)109-59-79(99)92-36-40-106-42-43-107-41-37-93-85(104)112-86(3,4)5)38-18-19-39-108-70-45-61(50-95(53-65-21-10-14-32-88-65)54-66-22-11-15-33-89-66)44-62(46-70)51-96(55-67-23-12-16-34-90-67)56-68-24-13-17-35-91-68/h8-17,20-35,44-46,48-49,105H,6-7,18-19,36-43,47,50-59H2,1-5H3,(H,92,99)(H,93,104)/t87-/m0/s1. The minimum absolute atomic E-state index is 0.00646. The summed E-state index contributed by atoms with van der Waals surface area (Å²) in [6.07, 6.45) is 8.44. The predicted octanol–water partition coefficient (Wildman–Crippen LogP) is 11.3. The van der Waals surface area contributed by atoms with Gasteiger partial charge in [0.2, 0.25) is 5.91 Å². The van der Waals surface area contributed by atoms with Crippen molar-refractivity contribution < 1.29 is 62.2 Å². The van der Waals surface area contributed by atoms with E-state index in [0.717, 1.165) is 50.4 Å². The van der Waals surface area contributed by atoms with E-state index < -0.39 is 29.2 Å². The summed E-state index contributed by atoms with van der Waals surface area (Å²) in [5.74, 6) is -0.541. The zero-order valence-electron chi connectivity index (χ0n) is 63.9. The predicted molar refractivity (Wildman–Crippen MR) is 419 cm³/mol. The number of unbranched alkanes of at least 4 members (excludes halogenated alkanes) is 1. The highest BCUT2D eigenvalue weighted by Crippen LogP contribution is 2.41. The fourth-order valence-corrected chi connectivity index (χ4v) is 13.7. The van der Waals surface area contributed by atoms with Crippen LogP contribution in [0.5, 0.6) is 17.2 Å². The number of nitrogens with one attached hydrogen (secondary N) is 2. The Labute approximate surface area is 651 Å². The van der Waals surface area contributed by atoms with Gasteiger partial charge in [-0.25, -0.2) is 19.4 Å². The summed E-state index contributed by atoms with van der Waals surface area (Å²) in [6, 6.07) is 51.1. The number of aromatic nitrogens is 6. The van der Waals surface area contributed by atoms with E-state index in [1.807, 2.05) is 123 Å². The van der Waals surface area contributed by atoms with Crippen LogP contribution in [-0.2, 0) is 111 Å². The zero-order chi connectivity index (χ0) is 78.4. The molecule has 6 aromatic heterocycles. The Morgan fingerprint density at radius 2 is 1.21 bits per heavy atom. The molecule has 0 fully saturated rings. The average molecular weight is 1520 g/mol. The lowest BCUT2D eigenvalue weighted by Gasteiger charge is -2.31. The maximum absolute atomic E-state index is 14.9. The Morgan fingerprint density at radius 1 is 0.607 bits per heavy atom. The van der Waals surface area contributed by atoms with E-state index in [9.17, 15) is 33.9 Å². The van der Waals surface area contributed by atoms with E-state index in [1.54, 1.807) is 91.8 Å². The number of hydrogen-bond donors (Lipinski definition) is 3. The molecular formula is C87H95N11O14. The minimum Gasteiger partial charge on any atom is -0.494 e. The molecule has 12 rings (SSSR count). The van der Waals surface area contributed by atoms with Gasteiger partial charge in [0.1, 0.15) is 29.5 Å². The number of nitrogens with zero attached hydrogens (tertiary/aromatic N) is 9. The van der Waals surface area contributed by atoms with Crippen LogP contribution < -0.4 is 30.4 Å². The molecule has 25 heteroatoms. The molecule has 25 nitrogen and oxygen atoms in total. The van der Waals surface area contributed by atoms with Gasteiger partial charge in [-0.15, -0.1) is 0 Å². The highest BCUT2D eigenvalue weighted by atomic mass is 16.6. The number of cyclic esters (lactones) is 1. The second-order valence-corrected chi connectivity index (χ2v) is 28.6. The minimum atomic E-state index is -1.96. The quantitative estimate of drug-likeness (QED) is 0.0184. The second kappa shape index (κ2) is 38.4. The molecule has 1 atom stereocenters. The molecule has 0 unspecified atom stereocenters. The van der Waals surface area contributed by atoms with Gasteiger partial charge in [-0.3, -0.25) is 44.1 Å². The molecule has 0 radical (unpaired) electrons. The number of fused-ring (bicyclic) bond motifs is 5. The van der Waals surface area contributed by atoms with Crippen molar-refractivity contribution in [2.75, 3.05) is 59.3 Å². The third kappa shape index (κ3) is 21.7. The Balaban J connectivity index is 0.725. The summed E-state index contributed by atoms with van der Waals surface area (Å²) in [5.41, 5.74) is 8.38. The SMILES string of the molecule is CCc1c2c(nc3ccc(OC(=O)c4ccc(CC(=O)N(CCCCOc5cc(CN(Cc6ccccn6)Cc6ccccn6)cc(CN(Cc6ccccn6)Cc6ccccn6)c5)Cc5ccccc5OCC(=O)NCCOCCOCCNC(=O)OC(C)(C)C)cc4)cc13)-c1cc3c(c(=O)n1C2)COC(=O)[C@]3(O)CC. The van der Waals surface area contributed by atoms with Crippen LogP contribution in [0.4, 0.5) is 4.79 Å². The number of rotatable bonds is 38. The van der Waals surface area contributed by atoms with Crippen molar-refractivity contribution in [3.8, 4) is 28.6 Å². The van der Waals surface area contributed by atoms with E-state index >= 15 is 0 Å². The van der Waals surface area contributed by atoms with Gasteiger partial charge in [-0.1, -0.05) is 74.5 Å². The number of carbonyl (C=O) groups excluding carboxylic acids is 5. The van der Waals surface area contributed by atoms with Crippen LogP contribution in [0.1, 0.15) is 132 Å². The monoisotopic (exact) mass is 1520 g/mol. The van der Waals surface area contributed by atoms with Crippen LogP contribution in [0.25, 0.3) is 22.3 Å². The van der Waals surface area contributed by atoms with Gasteiger partial charge in [0.15, 0.2) is 12.2 Å². The Kier molecular flexibility index (Phi) is 27.4. The zero-order valence-corrected chi connectivity index (χ0v) is 63.9. The van der Waals surface area contributed by atoms with E-state index in [0.29, 0.717) is 118 Å². The van der Waals surface area contributed by atoms with Crippen LogP contribution in [-0.4, -0.2) is 144 Å². The van der Waals surface area contributed by atoms with Gasteiger partial charge >= 0.3 is 18.0 Å². The van der Waals surface area contributed by atoms with Crippen molar-refractivity contribution in [2.45, 2.75) is 137 Å². The van der Waals surface area contributed by atoms with Crippen molar-refractivity contribution in [2.24, 2.45) is 0 Å². The number of aryl methyl sites for hydroxylation is 1. The molecule has 0 saturated carbocycles. The van der Waals surface area contributed by atoms with Gasteiger partial charge in [-0.2, -0.15) is 0 Å². The number of esters is 2. The molecule has 0 saturated heterocycles. The number of pyridine rings is 6.